The van der Waals surface area contributed by atoms with Crippen LogP contribution in [0.2, 0.25) is 0 Å². The van der Waals surface area contributed by atoms with Gasteiger partial charge in [0.15, 0.2) is 0 Å². The number of hydrogen-bond acceptors (Lipinski definition) is 4. The molecule has 0 fully saturated rings. The van der Waals surface area contributed by atoms with E-state index in [0.717, 1.165) is 17.0 Å². The van der Waals surface area contributed by atoms with E-state index in [4.69, 9.17) is 0 Å². The minimum absolute atomic E-state index is 0. The largest absolute Gasteiger partial charge is 1.00 e. The molecule has 3 nitrogen and oxygen atoms in total. The van der Waals surface area contributed by atoms with E-state index in [1.54, 1.807) is 5.38 Å². The van der Waals surface area contributed by atoms with Crippen molar-refractivity contribution in [2.75, 3.05) is 0 Å². The number of nitrogens with zero attached hydrogens (tertiary/aromatic N) is 1. The van der Waals surface area contributed by atoms with Gasteiger partial charge in [-0.05, 0) is 5.92 Å². The van der Waals surface area contributed by atoms with E-state index < -0.39 is 5.97 Å². The zero-order chi connectivity index (χ0) is 8.43. The quantitative estimate of drug-likeness (QED) is 0.493. The van der Waals surface area contributed by atoms with Crippen LogP contribution < -0.4 is 34.7 Å². The summed E-state index contributed by atoms with van der Waals surface area (Å²) in [7, 11) is 0. The Kier molecular flexibility index (Phi) is 5.01. The fraction of sp³-hybridized carbons (Fsp3) is 0.429. The molecule has 1 heterocycles. The number of thiazole rings is 1. The van der Waals surface area contributed by atoms with Crippen LogP contribution in [0.1, 0.15) is 35.3 Å². The van der Waals surface area contributed by atoms with Crippen LogP contribution in [0.25, 0.3) is 0 Å². The van der Waals surface area contributed by atoms with Gasteiger partial charge < -0.3 is 9.90 Å². The Morgan fingerprint density at radius 1 is 1.67 bits per heavy atom. The molecule has 0 aliphatic rings. The Hall–Kier alpha value is 0.100. The Balaban J connectivity index is 0.00000121. The van der Waals surface area contributed by atoms with Gasteiger partial charge in [-0.2, -0.15) is 0 Å². The fourth-order valence-electron chi connectivity index (χ4n) is 0.645. The second-order valence-electron chi connectivity index (χ2n) is 2.52. The van der Waals surface area contributed by atoms with Crippen LogP contribution in [-0.2, 0) is 0 Å². The summed E-state index contributed by atoms with van der Waals surface area (Å²) in [5.74, 6) is -0.916. The van der Waals surface area contributed by atoms with Crippen LogP contribution in [0.3, 0.4) is 0 Å². The smallest absolute Gasteiger partial charge is 0.542 e. The third kappa shape index (κ3) is 2.86. The molecule has 1 rings (SSSR count). The van der Waals surface area contributed by atoms with E-state index >= 15 is 0 Å². The van der Waals surface area contributed by atoms with E-state index in [1.165, 1.54) is 0 Å². The SMILES string of the molecule is CC(C)c1csc(C(=O)[O-])n1.[Na+]. The van der Waals surface area contributed by atoms with Crippen LogP contribution in [0.4, 0.5) is 0 Å². The van der Waals surface area contributed by atoms with E-state index in [2.05, 4.69) is 4.98 Å². The second-order valence-corrected chi connectivity index (χ2v) is 3.38. The summed E-state index contributed by atoms with van der Waals surface area (Å²) in [5.41, 5.74) is 0.814. The second kappa shape index (κ2) is 4.97. The Morgan fingerprint density at radius 3 is 2.50 bits per heavy atom. The molecule has 0 saturated heterocycles. The maximum atomic E-state index is 10.3. The normalized spacial score (nSPS) is 9.58. The Labute approximate surface area is 97.1 Å². The number of carbonyl (C=O) groups is 1. The predicted octanol–water partition coefficient (Wildman–Crippen LogP) is -2.37. The average molecular weight is 193 g/mol. The number of rotatable bonds is 2. The van der Waals surface area contributed by atoms with Gasteiger partial charge in [-0.1, -0.05) is 13.8 Å². The van der Waals surface area contributed by atoms with Crippen molar-refractivity contribution in [2.45, 2.75) is 19.8 Å². The molecule has 60 valence electrons. The number of hydrogen-bond donors (Lipinski definition) is 0. The molecule has 0 atom stereocenters. The van der Waals surface area contributed by atoms with Gasteiger partial charge in [-0.3, -0.25) is 0 Å². The number of carboxylic acids is 1. The van der Waals surface area contributed by atoms with E-state index in [-0.39, 0.29) is 40.5 Å². The first-order chi connectivity index (χ1) is 5.11. The average Bonchev–Trinajstić information content (AvgIpc) is 2.33. The van der Waals surface area contributed by atoms with Crippen LogP contribution in [0.15, 0.2) is 5.38 Å². The fourth-order valence-corrected chi connectivity index (χ4v) is 1.46. The molecule has 0 aromatic carbocycles. The summed E-state index contributed by atoms with van der Waals surface area (Å²) >= 11 is 1.11. The Bertz CT molecular complexity index is 272. The van der Waals surface area contributed by atoms with Crippen molar-refractivity contribution in [3.05, 3.63) is 16.1 Å². The van der Waals surface area contributed by atoms with Crippen molar-refractivity contribution >= 4 is 17.3 Å². The maximum absolute atomic E-state index is 10.3. The van der Waals surface area contributed by atoms with Gasteiger partial charge in [-0.15, -0.1) is 11.3 Å². The topological polar surface area (TPSA) is 53.0 Å². The molecule has 5 heteroatoms. The molecular formula is C7H8NNaO2S. The standard InChI is InChI=1S/C7H9NO2S.Na/c1-4(2)5-3-11-6(8-5)7(9)10;/h3-4H,1-2H3,(H,9,10);/q;+1/p-1. The van der Waals surface area contributed by atoms with Crippen LogP contribution in [0.5, 0.6) is 0 Å². The van der Waals surface area contributed by atoms with Crippen LogP contribution in [-0.4, -0.2) is 11.0 Å². The van der Waals surface area contributed by atoms with Gasteiger partial charge in [-0.25, -0.2) is 4.98 Å². The molecule has 0 bridgehead atoms. The number of carboxylic acid groups (broad SMARTS) is 1. The molecule has 0 saturated carbocycles. The van der Waals surface area contributed by atoms with Gasteiger partial charge in [0.2, 0.25) is 0 Å². The first-order valence-corrected chi connectivity index (χ1v) is 4.16. The van der Waals surface area contributed by atoms with Crippen LogP contribution in [0, 0.1) is 0 Å². The summed E-state index contributed by atoms with van der Waals surface area (Å²) in [4.78, 5) is 14.1. The first kappa shape index (κ1) is 12.1. The van der Waals surface area contributed by atoms with Crippen molar-refractivity contribution in [3.8, 4) is 0 Å². The molecule has 0 spiro atoms. The predicted molar refractivity (Wildman–Crippen MR) is 40.5 cm³/mol. The van der Waals surface area contributed by atoms with E-state index in [1.807, 2.05) is 13.8 Å². The van der Waals surface area contributed by atoms with E-state index in [0.29, 0.717) is 0 Å². The molecule has 0 N–H and O–H groups in total. The molecule has 0 amide bonds. The monoisotopic (exact) mass is 193 g/mol. The van der Waals surface area contributed by atoms with Gasteiger partial charge >= 0.3 is 29.6 Å². The minimum atomic E-state index is -1.19. The number of carbonyl (C=O) groups excluding carboxylic acids is 1. The molecule has 0 unspecified atom stereocenters. The minimum Gasteiger partial charge on any atom is -0.542 e. The molecule has 1 aromatic heterocycles. The first-order valence-electron chi connectivity index (χ1n) is 3.28. The summed E-state index contributed by atoms with van der Waals surface area (Å²) < 4.78 is 0. The van der Waals surface area contributed by atoms with E-state index in [9.17, 15) is 9.90 Å². The van der Waals surface area contributed by atoms with Gasteiger partial charge in [0.25, 0.3) is 0 Å². The Morgan fingerprint density at radius 2 is 2.25 bits per heavy atom. The van der Waals surface area contributed by atoms with Crippen molar-refractivity contribution in [2.24, 2.45) is 0 Å². The van der Waals surface area contributed by atoms with Gasteiger partial charge in [0.05, 0.1) is 5.69 Å². The third-order valence-electron chi connectivity index (χ3n) is 1.29. The summed E-state index contributed by atoms with van der Waals surface area (Å²) in [5, 5.41) is 12.1. The summed E-state index contributed by atoms with van der Waals surface area (Å²) in [6.45, 7) is 3.93. The van der Waals surface area contributed by atoms with Crippen molar-refractivity contribution in [1.29, 1.82) is 0 Å². The van der Waals surface area contributed by atoms with Crippen molar-refractivity contribution in [3.63, 3.8) is 0 Å². The zero-order valence-corrected chi connectivity index (χ0v) is 10.1. The van der Waals surface area contributed by atoms with Crippen molar-refractivity contribution in [1.82, 2.24) is 4.98 Å². The molecule has 0 aliphatic heterocycles. The number of aromatic carboxylic acids is 1. The molecule has 0 radical (unpaired) electrons. The summed E-state index contributed by atoms with van der Waals surface area (Å²) in [6.07, 6.45) is 0. The molecule has 0 aliphatic carbocycles. The van der Waals surface area contributed by atoms with Gasteiger partial charge in [0.1, 0.15) is 11.0 Å². The molecular weight excluding hydrogens is 185 g/mol. The van der Waals surface area contributed by atoms with Crippen LogP contribution >= 0.6 is 11.3 Å². The molecule has 12 heavy (non-hydrogen) atoms. The third-order valence-corrected chi connectivity index (χ3v) is 2.13. The summed E-state index contributed by atoms with van der Waals surface area (Å²) in [6, 6.07) is 0. The maximum Gasteiger partial charge on any atom is 1.00 e. The molecule has 1 aromatic rings. The zero-order valence-electron chi connectivity index (χ0n) is 7.33. The number of aromatic nitrogens is 1. The van der Waals surface area contributed by atoms with Gasteiger partial charge in [0, 0.05) is 5.38 Å². The van der Waals surface area contributed by atoms with Crippen molar-refractivity contribution < 1.29 is 39.5 Å².